The van der Waals surface area contributed by atoms with Crippen LogP contribution in [0.4, 0.5) is 5.69 Å². The van der Waals surface area contributed by atoms with Gasteiger partial charge in [-0.3, -0.25) is 9.59 Å². The summed E-state index contributed by atoms with van der Waals surface area (Å²) in [6.07, 6.45) is -0.764. The Labute approximate surface area is 133 Å². The molecular formula is C16H15ClN2O3. The van der Waals surface area contributed by atoms with Gasteiger partial charge in [0.1, 0.15) is 5.75 Å². The van der Waals surface area contributed by atoms with Crippen LogP contribution in [0.1, 0.15) is 17.3 Å². The average molecular weight is 319 g/mol. The van der Waals surface area contributed by atoms with Crippen molar-refractivity contribution in [2.24, 2.45) is 5.73 Å². The second-order valence-electron chi connectivity index (χ2n) is 4.62. The van der Waals surface area contributed by atoms with Gasteiger partial charge in [0.05, 0.1) is 11.3 Å². The molecule has 22 heavy (non-hydrogen) atoms. The molecule has 0 aliphatic carbocycles. The van der Waals surface area contributed by atoms with E-state index in [-0.39, 0.29) is 5.56 Å². The van der Waals surface area contributed by atoms with Crippen LogP contribution in [-0.2, 0) is 4.79 Å². The van der Waals surface area contributed by atoms with E-state index in [2.05, 4.69) is 5.32 Å². The number of anilines is 1. The third kappa shape index (κ3) is 3.99. The van der Waals surface area contributed by atoms with Crippen molar-refractivity contribution in [3.05, 3.63) is 59.1 Å². The molecule has 2 aromatic rings. The zero-order chi connectivity index (χ0) is 16.1. The number of carbonyl (C=O) groups excluding carboxylic acids is 2. The smallest absolute Gasteiger partial charge is 0.265 e. The Bertz CT molecular complexity index is 703. The fraction of sp³-hybridized carbons (Fsp3) is 0.125. The molecule has 0 fully saturated rings. The normalized spacial score (nSPS) is 11.5. The molecule has 0 aromatic heterocycles. The fourth-order valence-electron chi connectivity index (χ4n) is 1.84. The first-order chi connectivity index (χ1) is 10.5. The molecule has 114 valence electrons. The number of hydrogen-bond acceptors (Lipinski definition) is 3. The van der Waals surface area contributed by atoms with Crippen LogP contribution >= 0.6 is 11.6 Å². The highest BCUT2D eigenvalue weighted by atomic mass is 35.5. The van der Waals surface area contributed by atoms with Crippen molar-refractivity contribution in [1.29, 1.82) is 0 Å². The first-order valence-corrected chi connectivity index (χ1v) is 6.97. The second-order valence-corrected chi connectivity index (χ2v) is 5.05. The van der Waals surface area contributed by atoms with E-state index in [0.29, 0.717) is 16.5 Å². The Morgan fingerprint density at radius 3 is 2.59 bits per heavy atom. The highest BCUT2D eigenvalue weighted by Crippen LogP contribution is 2.19. The van der Waals surface area contributed by atoms with Gasteiger partial charge >= 0.3 is 0 Å². The van der Waals surface area contributed by atoms with Gasteiger partial charge in [-0.05, 0) is 37.3 Å². The van der Waals surface area contributed by atoms with Crippen LogP contribution in [0, 0.1) is 0 Å². The lowest BCUT2D eigenvalue weighted by molar-refractivity contribution is -0.122. The van der Waals surface area contributed by atoms with Crippen molar-refractivity contribution < 1.29 is 14.3 Å². The number of hydrogen-bond donors (Lipinski definition) is 2. The van der Waals surface area contributed by atoms with Gasteiger partial charge in [0.15, 0.2) is 6.10 Å². The maximum Gasteiger partial charge on any atom is 0.265 e. The predicted octanol–water partition coefficient (Wildman–Crippen LogP) is 2.84. The molecule has 6 heteroatoms. The lowest BCUT2D eigenvalue weighted by Crippen LogP contribution is -2.31. The molecule has 2 amide bonds. The quantitative estimate of drug-likeness (QED) is 0.889. The number of halogens is 1. The Morgan fingerprint density at radius 2 is 1.91 bits per heavy atom. The zero-order valence-corrected chi connectivity index (χ0v) is 12.6. The van der Waals surface area contributed by atoms with E-state index in [1.165, 1.54) is 0 Å². The zero-order valence-electron chi connectivity index (χ0n) is 11.9. The third-order valence-corrected chi connectivity index (χ3v) is 3.16. The number of benzene rings is 2. The SMILES string of the molecule is C[C@@H](Oc1cccc(Cl)c1)C(=O)Nc1ccccc1C(N)=O. The minimum Gasteiger partial charge on any atom is -0.481 e. The van der Waals surface area contributed by atoms with Crippen LogP contribution in [0.25, 0.3) is 0 Å². The van der Waals surface area contributed by atoms with Gasteiger partial charge in [0.2, 0.25) is 0 Å². The molecule has 2 aromatic carbocycles. The Hall–Kier alpha value is -2.53. The van der Waals surface area contributed by atoms with Crippen molar-refractivity contribution in [3.63, 3.8) is 0 Å². The van der Waals surface area contributed by atoms with Crippen molar-refractivity contribution in [2.45, 2.75) is 13.0 Å². The summed E-state index contributed by atoms with van der Waals surface area (Å²) in [6, 6.07) is 13.3. The molecule has 0 aliphatic heterocycles. The molecule has 2 rings (SSSR count). The molecule has 0 saturated heterocycles. The van der Waals surface area contributed by atoms with E-state index in [1.54, 1.807) is 55.5 Å². The summed E-state index contributed by atoms with van der Waals surface area (Å²) >= 11 is 5.86. The van der Waals surface area contributed by atoms with Crippen LogP contribution in [0.3, 0.4) is 0 Å². The van der Waals surface area contributed by atoms with Gasteiger partial charge in [-0.25, -0.2) is 0 Å². The number of nitrogens with two attached hydrogens (primary N) is 1. The Kier molecular flexibility index (Phi) is 5.01. The number of ether oxygens (including phenoxy) is 1. The maximum atomic E-state index is 12.2. The topological polar surface area (TPSA) is 81.4 Å². The lowest BCUT2D eigenvalue weighted by Gasteiger charge is -2.16. The van der Waals surface area contributed by atoms with Crippen LogP contribution in [0.5, 0.6) is 5.75 Å². The molecule has 0 radical (unpaired) electrons. The molecule has 0 heterocycles. The van der Waals surface area contributed by atoms with E-state index in [0.717, 1.165) is 0 Å². The van der Waals surface area contributed by atoms with E-state index in [1.807, 2.05) is 0 Å². The predicted molar refractivity (Wildman–Crippen MR) is 85.1 cm³/mol. The molecule has 0 saturated carbocycles. The molecule has 3 N–H and O–H groups in total. The van der Waals surface area contributed by atoms with Gasteiger partial charge in [-0.1, -0.05) is 29.8 Å². The summed E-state index contributed by atoms with van der Waals surface area (Å²) in [5.41, 5.74) is 5.86. The standard InChI is InChI=1S/C16H15ClN2O3/c1-10(22-12-6-4-5-11(17)9-12)16(21)19-14-8-3-2-7-13(14)15(18)20/h2-10H,1H3,(H2,18,20)(H,19,21)/t10-/m1/s1. The van der Waals surface area contributed by atoms with E-state index in [4.69, 9.17) is 22.1 Å². The second kappa shape index (κ2) is 6.95. The minimum absolute atomic E-state index is 0.241. The summed E-state index contributed by atoms with van der Waals surface area (Å²) in [5, 5.41) is 3.15. The molecule has 0 aliphatic rings. The molecular weight excluding hydrogens is 304 g/mol. The van der Waals surface area contributed by atoms with Gasteiger partial charge < -0.3 is 15.8 Å². The van der Waals surface area contributed by atoms with Gasteiger partial charge in [0, 0.05) is 5.02 Å². The van der Waals surface area contributed by atoms with Crippen molar-refractivity contribution in [3.8, 4) is 5.75 Å². The Morgan fingerprint density at radius 1 is 1.18 bits per heavy atom. The molecule has 0 bridgehead atoms. The first-order valence-electron chi connectivity index (χ1n) is 6.59. The third-order valence-electron chi connectivity index (χ3n) is 2.93. The van der Waals surface area contributed by atoms with Crippen molar-refractivity contribution in [1.82, 2.24) is 0 Å². The first kappa shape index (κ1) is 15.9. The van der Waals surface area contributed by atoms with Gasteiger partial charge in [0.25, 0.3) is 11.8 Å². The number of primary amides is 1. The van der Waals surface area contributed by atoms with Crippen LogP contribution in [0.15, 0.2) is 48.5 Å². The highest BCUT2D eigenvalue weighted by Gasteiger charge is 2.17. The maximum absolute atomic E-state index is 12.2. The molecule has 0 unspecified atom stereocenters. The number of amides is 2. The van der Waals surface area contributed by atoms with E-state index < -0.39 is 17.9 Å². The number of rotatable bonds is 5. The highest BCUT2D eigenvalue weighted by molar-refractivity contribution is 6.30. The molecule has 5 nitrogen and oxygen atoms in total. The minimum atomic E-state index is -0.764. The summed E-state index contributed by atoms with van der Waals surface area (Å²) < 4.78 is 5.52. The monoisotopic (exact) mass is 318 g/mol. The summed E-state index contributed by atoms with van der Waals surface area (Å²) in [7, 11) is 0. The summed E-state index contributed by atoms with van der Waals surface area (Å²) in [5.74, 6) is -0.522. The summed E-state index contributed by atoms with van der Waals surface area (Å²) in [6.45, 7) is 1.60. The fourth-order valence-corrected chi connectivity index (χ4v) is 2.02. The molecule has 0 spiro atoms. The lowest BCUT2D eigenvalue weighted by atomic mass is 10.1. The summed E-state index contributed by atoms with van der Waals surface area (Å²) in [4.78, 5) is 23.5. The Balaban J connectivity index is 2.07. The van der Waals surface area contributed by atoms with E-state index >= 15 is 0 Å². The number of para-hydroxylation sites is 1. The average Bonchev–Trinajstić information content (AvgIpc) is 2.47. The van der Waals surface area contributed by atoms with E-state index in [9.17, 15) is 9.59 Å². The largest absolute Gasteiger partial charge is 0.481 e. The number of nitrogens with one attached hydrogen (secondary N) is 1. The van der Waals surface area contributed by atoms with Crippen molar-refractivity contribution >= 4 is 29.1 Å². The van der Waals surface area contributed by atoms with Crippen molar-refractivity contribution in [2.75, 3.05) is 5.32 Å². The van der Waals surface area contributed by atoms with Crippen LogP contribution in [0.2, 0.25) is 5.02 Å². The van der Waals surface area contributed by atoms with Crippen LogP contribution < -0.4 is 15.8 Å². The van der Waals surface area contributed by atoms with Crippen LogP contribution in [-0.4, -0.2) is 17.9 Å². The van der Waals surface area contributed by atoms with Gasteiger partial charge in [-0.15, -0.1) is 0 Å². The van der Waals surface area contributed by atoms with Gasteiger partial charge in [-0.2, -0.15) is 0 Å². The molecule has 1 atom stereocenters. The number of carbonyl (C=O) groups is 2.